The Labute approximate surface area is 114 Å². The summed E-state index contributed by atoms with van der Waals surface area (Å²) in [4.78, 5) is 13.9. The summed E-state index contributed by atoms with van der Waals surface area (Å²) in [6.07, 6.45) is 0.943. The van der Waals surface area contributed by atoms with Crippen molar-refractivity contribution in [3.8, 4) is 0 Å². The van der Waals surface area contributed by atoms with E-state index in [1.54, 1.807) is 24.1 Å². The van der Waals surface area contributed by atoms with Crippen molar-refractivity contribution in [2.24, 2.45) is 5.92 Å². The quantitative estimate of drug-likeness (QED) is 0.858. The maximum absolute atomic E-state index is 13.4. The summed E-state index contributed by atoms with van der Waals surface area (Å²) in [6, 6.07) is 4.47. The number of nitrogens with zero attached hydrogens (tertiary/aromatic N) is 1. The molecule has 18 heavy (non-hydrogen) atoms. The van der Waals surface area contributed by atoms with Crippen LogP contribution < -0.4 is 0 Å². The molecule has 1 amide bonds. The molecule has 0 N–H and O–H groups in total. The van der Waals surface area contributed by atoms with Crippen LogP contribution in [0.4, 0.5) is 4.39 Å². The van der Waals surface area contributed by atoms with Crippen molar-refractivity contribution in [1.29, 1.82) is 0 Å². The van der Waals surface area contributed by atoms with Gasteiger partial charge in [-0.2, -0.15) is 0 Å². The monoisotopic (exact) mass is 315 g/mol. The Morgan fingerprint density at radius 3 is 3.06 bits per heavy atom. The van der Waals surface area contributed by atoms with Crippen LogP contribution in [0.2, 0.25) is 0 Å². The lowest BCUT2D eigenvalue weighted by Gasteiger charge is -2.16. The van der Waals surface area contributed by atoms with Gasteiger partial charge in [-0.15, -0.1) is 0 Å². The number of amides is 1. The first-order valence-corrected chi connectivity index (χ1v) is 6.64. The molecule has 0 radical (unpaired) electrons. The summed E-state index contributed by atoms with van der Waals surface area (Å²) >= 11 is 3.08. The molecule has 1 fully saturated rings. The minimum absolute atomic E-state index is 0.111. The lowest BCUT2D eigenvalue weighted by Crippen LogP contribution is -2.29. The Kier molecular flexibility index (Phi) is 4.35. The number of carbonyl (C=O) groups excluding carboxylic acids is 1. The minimum Gasteiger partial charge on any atom is -0.384 e. The molecule has 1 aliphatic heterocycles. The third-order valence-corrected chi connectivity index (χ3v) is 3.79. The fourth-order valence-electron chi connectivity index (χ4n) is 2.20. The number of rotatable bonds is 3. The van der Waals surface area contributed by atoms with Crippen LogP contribution in [0.1, 0.15) is 16.8 Å². The van der Waals surface area contributed by atoms with Gasteiger partial charge in [0.15, 0.2) is 0 Å². The normalized spacial score (nSPS) is 19.3. The summed E-state index contributed by atoms with van der Waals surface area (Å²) < 4.78 is 18.8. The second-order valence-electron chi connectivity index (χ2n) is 4.49. The van der Waals surface area contributed by atoms with Gasteiger partial charge in [-0.1, -0.05) is 0 Å². The van der Waals surface area contributed by atoms with Gasteiger partial charge in [0.2, 0.25) is 0 Å². The Balaban J connectivity index is 2.05. The molecule has 1 heterocycles. The van der Waals surface area contributed by atoms with Crippen LogP contribution in [0, 0.1) is 11.7 Å². The third kappa shape index (κ3) is 2.90. The van der Waals surface area contributed by atoms with Crippen molar-refractivity contribution in [2.45, 2.75) is 6.42 Å². The van der Waals surface area contributed by atoms with E-state index in [1.807, 2.05) is 0 Å². The van der Waals surface area contributed by atoms with E-state index < -0.39 is 5.82 Å². The first-order valence-electron chi connectivity index (χ1n) is 5.85. The first-order chi connectivity index (χ1) is 8.61. The summed E-state index contributed by atoms with van der Waals surface area (Å²) in [6.45, 7) is 2.06. The van der Waals surface area contributed by atoms with E-state index >= 15 is 0 Å². The molecule has 0 spiro atoms. The minimum atomic E-state index is -0.409. The Morgan fingerprint density at radius 2 is 2.39 bits per heavy atom. The molecule has 0 saturated carbocycles. The first kappa shape index (κ1) is 13.5. The van der Waals surface area contributed by atoms with Crippen LogP contribution in [-0.2, 0) is 4.74 Å². The standard InChI is InChI=1S/C13H15BrFNO2/c1-18-8-9-4-5-16(7-9)13(17)10-2-3-11(14)12(15)6-10/h2-3,6,9H,4-5,7-8H2,1H3. The topological polar surface area (TPSA) is 29.5 Å². The predicted molar refractivity (Wildman–Crippen MR) is 70.0 cm³/mol. The second-order valence-corrected chi connectivity index (χ2v) is 5.34. The molecule has 1 aromatic carbocycles. The summed E-state index contributed by atoms with van der Waals surface area (Å²) in [5, 5.41) is 0. The number of benzene rings is 1. The van der Waals surface area contributed by atoms with Gasteiger partial charge in [0.25, 0.3) is 5.91 Å². The third-order valence-electron chi connectivity index (χ3n) is 3.14. The van der Waals surface area contributed by atoms with E-state index in [0.717, 1.165) is 6.42 Å². The largest absolute Gasteiger partial charge is 0.384 e. The van der Waals surface area contributed by atoms with Gasteiger partial charge in [-0.3, -0.25) is 4.79 Å². The molecule has 0 aliphatic carbocycles. The highest BCUT2D eigenvalue weighted by Gasteiger charge is 2.27. The van der Waals surface area contributed by atoms with Crippen molar-refractivity contribution in [3.63, 3.8) is 0 Å². The van der Waals surface area contributed by atoms with Crippen molar-refractivity contribution >= 4 is 21.8 Å². The number of likely N-dealkylation sites (tertiary alicyclic amines) is 1. The van der Waals surface area contributed by atoms with Crippen LogP contribution >= 0.6 is 15.9 Å². The zero-order valence-electron chi connectivity index (χ0n) is 10.2. The van der Waals surface area contributed by atoms with Gasteiger partial charge in [-0.05, 0) is 40.5 Å². The van der Waals surface area contributed by atoms with Crippen molar-refractivity contribution < 1.29 is 13.9 Å². The Bertz CT molecular complexity index is 453. The van der Waals surface area contributed by atoms with Crippen LogP contribution in [0.3, 0.4) is 0 Å². The molecule has 1 aromatic rings. The average molecular weight is 316 g/mol. The fraction of sp³-hybridized carbons (Fsp3) is 0.462. The highest BCUT2D eigenvalue weighted by molar-refractivity contribution is 9.10. The van der Waals surface area contributed by atoms with Gasteiger partial charge in [0, 0.05) is 31.7 Å². The molecule has 1 unspecified atom stereocenters. The van der Waals surface area contributed by atoms with E-state index in [2.05, 4.69) is 15.9 Å². The Morgan fingerprint density at radius 1 is 1.61 bits per heavy atom. The molecule has 3 nitrogen and oxygen atoms in total. The zero-order chi connectivity index (χ0) is 13.1. The van der Waals surface area contributed by atoms with Crippen LogP contribution in [0.25, 0.3) is 0 Å². The van der Waals surface area contributed by atoms with Crippen LogP contribution in [-0.4, -0.2) is 37.6 Å². The maximum atomic E-state index is 13.4. The number of hydrogen-bond acceptors (Lipinski definition) is 2. The van der Waals surface area contributed by atoms with Gasteiger partial charge < -0.3 is 9.64 Å². The lowest BCUT2D eigenvalue weighted by atomic mass is 10.1. The van der Waals surface area contributed by atoms with Crippen molar-refractivity contribution in [2.75, 3.05) is 26.8 Å². The maximum Gasteiger partial charge on any atom is 0.253 e. The SMILES string of the molecule is COCC1CCN(C(=O)c2ccc(Br)c(F)c2)C1. The van der Waals surface area contributed by atoms with E-state index in [0.29, 0.717) is 35.7 Å². The molecule has 1 atom stereocenters. The molecule has 1 saturated heterocycles. The van der Waals surface area contributed by atoms with Gasteiger partial charge in [-0.25, -0.2) is 4.39 Å². The summed E-state index contributed by atoms with van der Waals surface area (Å²) in [7, 11) is 1.66. The van der Waals surface area contributed by atoms with Crippen LogP contribution in [0.15, 0.2) is 22.7 Å². The molecule has 1 aliphatic rings. The van der Waals surface area contributed by atoms with Gasteiger partial charge in [0.1, 0.15) is 5.82 Å². The fourth-order valence-corrected chi connectivity index (χ4v) is 2.45. The number of carbonyl (C=O) groups is 1. The van der Waals surface area contributed by atoms with Gasteiger partial charge in [0.05, 0.1) is 11.1 Å². The smallest absolute Gasteiger partial charge is 0.253 e. The van der Waals surface area contributed by atoms with E-state index in [9.17, 15) is 9.18 Å². The highest BCUT2D eigenvalue weighted by Crippen LogP contribution is 2.21. The number of halogens is 2. The molecule has 0 bridgehead atoms. The van der Waals surface area contributed by atoms with E-state index in [1.165, 1.54) is 6.07 Å². The molecular formula is C13H15BrFNO2. The van der Waals surface area contributed by atoms with Crippen LogP contribution in [0.5, 0.6) is 0 Å². The zero-order valence-corrected chi connectivity index (χ0v) is 11.7. The van der Waals surface area contributed by atoms with E-state index in [4.69, 9.17) is 4.74 Å². The molecule has 2 rings (SSSR count). The molecule has 0 aromatic heterocycles. The average Bonchev–Trinajstić information content (AvgIpc) is 2.81. The molecule has 98 valence electrons. The molecular weight excluding hydrogens is 301 g/mol. The number of ether oxygens (including phenoxy) is 1. The summed E-state index contributed by atoms with van der Waals surface area (Å²) in [5.74, 6) is -0.132. The van der Waals surface area contributed by atoms with Crippen molar-refractivity contribution in [1.82, 2.24) is 4.90 Å². The Hall–Kier alpha value is -0.940. The van der Waals surface area contributed by atoms with Gasteiger partial charge >= 0.3 is 0 Å². The highest BCUT2D eigenvalue weighted by atomic mass is 79.9. The second kappa shape index (κ2) is 5.80. The number of methoxy groups -OCH3 is 1. The summed E-state index contributed by atoms with van der Waals surface area (Å²) in [5.41, 5.74) is 0.397. The molecule has 5 heteroatoms. The number of hydrogen-bond donors (Lipinski definition) is 0. The van der Waals surface area contributed by atoms with E-state index in [-0.39, 0.29) is 5.91 Å². The van der Waals surface area contributed by atoms with Crippen molar-refractivity contribution in [3.05, 3.63) is 34.1 Å². The predicted octanol–water partition coefficient (Wildman–Crippen LogP) is 2.70. The lowest BCUT2D eigenvalue weighted by molar-refractivity contribution is 0.0775.